The minimum absolute atomic E-state index is 0.126. The number of H-pyrrole nitrogens is 1. The van der Waals surface area contributed by atoms with Gasteiger partial charge in [-0.15, -0.1) is 0 Å². The molecule has 1 N–H and O–H groups in total. The highest BCUT2D eigenvalue weighted by Crippen LogP contribution is 2.31. The summed E-state index contributed by atoms with van der Waals surface area (Å²) >= 11 is 0. The third-order valence-electron chi connectivity index (χ3n) is 3.36. The van der Waals surface area contributed by atoms with E-state index in [1.165, 1.54) is 36.4 Å². The van der Waals surface area contributed by atoms with Gasteiger partial charge in [-0.2, -0.15) is 13.2 Å². The molecule has 3 rings (SSSR count). The first-order chi connectivity index (χ1) is 10.4. The van der Waals surface area contributed by atoms with E-state index in [1.54, 1.807) is 0 Å². The summed E-state index contributed by atoms with van der Waals surface area (Å²) in [4.78, 5) is 14.5. The van der Waals surface area contributed by atoms with Gasteiger partial charge in [0.1, 0.15) is 5.82 Å². The van der Waals surface area contributed by atoms with E-state index in [2.05, 4.69) is 4.98 Å². The summed E-state index contributed by atoms with van der Waals surface area (Å²) in [5.74, 6) is -0.559. The smallest absolute Gasteiger partial charge is 0.321 e. The summed E-state index contributed by atoms with van der Waals surface area (Å²) in [5, 5.41) is 0.316. The predicted molar refractivity (Wildman–Crippen MR) is 75.0 cm³/mol. The van der Waals surface area contributed by atoms with E-state index in [4.69, 9.17) is 0 Å². The second kappa shape index (κ2) is 4.98. The highest BCUT2D eigenvalue weighted by molar-refractivity contribution is 5.85. The largest absolute Gasteiger partial charge is 0.416 e. The minimum atomic E-state index is -4.43. The summed E-state index contributed by atoms with van der Waals surface area (Å²) in [5.41, 5.74) is -0.649. The zero-order chi connectivity index (χ0) is 15.9. The molecule has 0 radical (unpaired) electrons. The number of benzene rings is 2. The summed E-state index contributed by atoms with van der Waals surface area (Å²) in [7, 11) is 0. The molecule has 3 aromatic rings. The number of alkyl halides is 3. The molecule has 0 bridgehead atoms. The van der Waals surface area contributed by atoms with Crippen LogP contribution in [0.3, 0.4) is 0 Å². The van der Waals surface area contributed by atoms with Crippen LogP contribution in [0, 0.1) is 5.82 Å². The average Bonchev–Trinajstić information content (AvgIpc) is 2.47. The van der Waals surface area contributed by atoms with Crippen molar-refractivity contribution in [2.75, 3.05) is 0 Å². The van der Waals surface area contributed by atoms with Crippen molar-refractivity contribution in [3.63, 3.8) is 0 Å². The van der Waals surface area contributed by atoms with Crippen molar-refractivity contribution in [2.24, 2.45) is 0 Å². The van der Waals surface area contributed by atoms with Crippen LogP contribution < -0.4 is 5.56 Å². The van der Waals surface area contributed by atoms with E-state index in [1.807, 2.05) is 0 Å². The van der Waals surface area contributed by atoms with Gasteiger partial charge in [0.15, 0.2) is 0 Å². The average molecular weight is 307 g/mol. The molecule has 22 heavy (non-hydrogen) atoms. The molecule has 0 amide bonds. The predicted octanol–water partition coefficient (Wildman–Crippen LogP) is 4.35. The van der Waals surface area contributed by atoms with Crippen LogP contribution in [0.5, 0.6) is 0 Å². The number of nitrogens with one attached hydrogen (secondary N) is 1. The molecule has 2 nitrogen and oxygen atoms in total. The fourth-order valence-electron chi connectivity index (χ4n) is 2.25. The first kappa shape index (κ1) is 14.3. The van der Waals surface area contributed by atoms with E-state index in [9.17, 15) is 22.4 Å². The number of aromatic nitrogens is 1. The highest BCUT2D eigenvalue weighted by Gasteiger charge is 2.30. The Balaban J connectivity index is 2.15. The lowest BCUT2D eigenvalue weighted by atomic mass is 10.1. The quantitative estimate of drug-likeness (QED) is 0.666. The SMILES string of the molecule is O=c1[nH]c(-c2ccc(C(F)(F)F)cc2)cc2c(F)cccc12. The number of hydrogen-bond acceptors (Lipinski definition) is 1. The molecule has 0 saturated heterocycles. The van der Waals surface area contributed by atoms with E-state index >= 15 is 0 Å². The molecule has 0 atom stereocenters. The van der Waals surface area contributed by atoms with Gasteiger partial charge < -0.3 is 4.98 Å². The van der Waals surface area contributed by atoms with Crippen LogP contribution >= 0.6 is 0 Å². The molecule has 0 aliphatic carbocycles. The van der Waals surface area contributed by atoms with Gasteiger partial charge in [0, 0.05) is 16.5 Å². The molecule has 0 spiro atoms. The number of halogens is 4. The zero-order valence-electron chi connectivity index (χ0n) is 11.0. The molecule has 0 fully saturated rings. The van der Waals surface area contributed by atoms with Crippen LogP contribution in [0.1, 0.15) is 5.56 Å². The maximum absolute atomic E-state index is 13.8. The Morgan fingerprint density at radius 1 is 0.909 bits per heavy atom. The molecule has 2 aromatic carbocycles. The summed E-state index contributed by atoms with van der Waals surface area (Å²) in [6, 6.07) is 9.84. The number of hydrogen-bond donors (Lipinski definition) is 1. The first-order valence-corrected chi connectivity index (χ1v) is 6.35. The minimum Gasteiger partial charge on any atom is -0.321 e. The molecule has 0 aliphatic rings. The molecule has 6 heteroatoms. The Labute approximate surface area is 122 Å². The summed E-state index contributed by atoms with van der Waals surface area (Å²) < 4.78 is 51.4. The Morgan fingerprint density at radius 3 is 2.23 bits per heavy atom. The normalized spacial score (nSPS) is 11.8. The Hall–Kier alpha value is -2.63. The zero-order valence-corrected chi connectivity index (χ0v) is 11.0. The van der Waals surface area contributed by atoms with Crippen LogP contribution in [-0.2, 0) is 6.18 Å². The Bertz CT molecular complexity index is 895. The van der Waals surface area contributed by atoms with Crippen molar-refractivity contribution in [1.82, 2.24) is 4.98 Å². The van der Waals surface area contributed by atoms with Crippen molar-refractivity contribution in [2.45, 2.75) is 6.18 Å². The van der Waals surface area contributed by atoms with Crippen molar-refractivity contribution in [1.29, 1.82) is 0 Å². The highest BCUT2D eigenvalue weighted by atomic mass is 19.4. The monoisotopic (exact) mass is 307 g/mol. The molecule has 0 aliphatic heterocycles. The molecular weight excluding hydrogens is 298 g/mol. The molecule has 0 saturated carbocycles. The summed E-state index contributed by atoms with van der Waals surface area (Å²) in [6.45, 7) is 0. The van der Waals surface area contributed by atoms with Gasteiger partial charge in [-0.1, -0.05) is 18.2 Å². The van der Waals surface area contributed by atoms with Gasteiger partial charge in [-0.3, -0.25) is 4.79 Å². The Kier molecular flexibility index (Phi) is 3.24. The third kappa shape index (κ3) is 2.47. The second-order valence-corrected chi connectivity index (χ2v) is 4.79. The second-order valence-electron chi connectivity index (χ2n) is 4.79. The van der Waals surface area contributed by atoms with Crippen LogP contribution in [-0.4, -0.2) is 4.98 Å². The van der Waals surface area contributed by atoms with Crippen molar-refractivity contribution < 1.29 is 17.6 Å². The lowest BCUT2D eigenvalue weighted by molar-refractivity contribution is -0.137. The fraction of sp³-hybridized carbons (Fsp3) is 0.0625. The lowest BCUT2D eigenvalue weighted by Gasteiger charge is -2.08. The van der Waals surface area contributed by atoms with Crippen LogP contribution in [0.2, 0.25) is 0 Å². The third-order valence-corrected chi connectivity index (χ3v) is 3.36. The van der Waals surface area contributed by atoms with Crippen LogP contribution in [0.4, 0.5) is 17.6 Å². The maximum Gasteiger partial charge on any atom is 0.416 e. The fourth-order valence-corrected chi connectivity index (χ4v) is 2.25. The number of aromatic amines is 1. The standard InChI is InChI=1S/C16H9F4NO/c17-13-3-1-2-11-12(13)8-14(21-15(11)22)9-4-6-10(7-5-9)16(18,19)20/h1-8H,(H,21,22). The Morgan fingerprint density at radius 2 is 1.59 bits per heavy atom. The van der Waals surface area contributed by atoms with Crippen LogP contribution in [0.15, 0.2) is 53.3 Å². The van der Waals surface area contributed by atoms with E-state index in [-0.39, 0.29) is 16.5 Å². The number of rotatable bonds is 1. The number of fused-ring (bicyclic) bond motifs is 1. The van der Waals surface area contributed by atoms with Gasteiger partial charge in [-0.25, -0.2) is 4.39 Å². The van der Waals surface area contributed by atoms with Gasteiger partial charge >= 0.3 is 6.18 Å². The molecular formula is C16H9F4NO. The maximum atomic E-state index is 13.8. The van der Waals surface area contributed by atoms with Crippen molar-refractivity contribution >= 4 is 10.8 Å². The summed E-state index contributed by atoms with van der Waals surface area (Å²) in [6.07, 6.45) is -4.43. The van der Waals surface area contributed by atoms with E-state index in [0.717, 1.165) is 12.1 Å². The van der Waals surface area contributed by atoms with Gasteiger partial charge in [0.05, 0.1) is 5.56 Å². The van der Waals surface area contributed by atoms with Gasteiger partial charge in [-0.05, 0) is 35.9 Å². The molecule has 1 aromatic heterocycles. The molecule has 0 unspecified atom stereocenters. The molecule has 112 valence electrons. The van der Waals surface area contributed by atoms with Crippen molar-refractivity contribution in [3.05, 3.63) is 70.3 Å². The van der Waals surface area contributed by atoms with Gasteiger partial charge in [0.2, 0.25) is 0 Å². The number of pyridine rings is 1. The topological polar surface area (TPSA) is 32.9 Å². The van der Waals surface area contributed by atoms with Crippen LogP contribution in [0.25, 0.3) is 22.0 Å². The lowest BCUT2D eigenvalue weighted by Crippen LogP contribution is -2.08. The van der Waals surface area contributed by atoms with E-state index < -0.39 is 23.1 Å². The van der Waals surface area contributed by atoms with Gasteiger partial charge in [0.25, 0.3) is 5.56 Å². The first-order valence-electron chi connectivity index (χ1n) is 6.35. The van der Waals surface area contributed by atoms with E-state index in [0.29, 0.717) is 5.56 Å². The van der Waals surface area contributed by atoms with Crippen molar-refractivity contribution in [3.8, 4) is 11.3 Å². The molecule has 1 heterocycles.